The van der Waals surface area contributed by atoms with E-state index in [0.29, 0.717) is 36.3 Å². The van der Waals surface area contributed by atoms with E-state index in [1.54, 1.807) is 24.3 Å². The molecule has 0 bridgehead atoms. The number of fused-ring (bicyclic) bond motifs is 1. The molecule has 1 aromatic heterocycles. The van der Waals surface area contributed by atoms with Crippen LogP contribution in [0, 0.1) is 0 Å². The summed E-state index contributed by atoms with van der Waals surface area (Å²) >= 11 is 6.38. The van der Waals surface area contributed by atoms with Crippen molar-refractivity contribution in [1.82, 2.24) is 20.0 Å². The van der Waals surface area contributed by atoms with E-state index in [4.69, 9.17) is 17.3 Å². The molecule has 0 atom stereocenters. The van der Waals surface area contributed by atoms with E-state index in [1.807, 2.05) is 25.1 Å². The summed E-state index contributed by atoms with van der Waals surface area (Å²) in [6.45, 7) is 2.58. The first-order chi connectivity index (χ1) is 16.4. The second-order valence-corrected chi connectivity index (χ2v) is 8.97. The third-order valence-corrected chi connectivity index (χ3v) is 6.29. The van der Waals surface area contributed by atoms with Gasteiger partial charge in [0, 0.05) is 23.5 Å². The Hall–Kier alpha value is -3.39. The van der Waals surface area contributed by atoms with Crippen molar-refractivity contribution in [2.75, 3.05) is 13.1 Å². The number of carbonyl (C=O) groups is 3. The number of carbonyl (C=O) groups excluding carboxylic acids is 3. The summed E-state index contributed by atoms with van der Waals surface area (Å²) in [6.07, 6.45) is 2.93. The molecule has 178 valence electrons. The zero-order valence-corrected chi connectivity index (χ0v) is 19.8. The fraction of sp³-hybridized carbons (Fsp3) is 0.360. The maximum absolute atomic E-state index is 13.1. The molecule has 0 saturated heterocycles. The normalized spacial score (nSPS) is 13.1. The van der Waals surface area contributed by atoms with Gasteiger partial charge >= 0.3 is 0 Å². The highest BCUT2D eigenvalue weighted by Gasteiger charge is 2.28. The zero-order chi connectivity index (χ0) is 24.2. The molecule has 8 nitrogen and oxygen atoms in total. The summed E-state index contributed by atoms with van der Waals surface area (Å²) < 4.78 is 1.46. The Morgan fingerprint density at radius 2 is 1.94 bits per heavy atom. The Morgan fingerprint density at radius 3 is 2.65 bits per heavy atom. The number of nitrogens with one attached hydrogen (secondary N) is 1. The van der Waals surface area contributed by atoms with Crippen LogP contribution in [0.2, 0.25) is 5.02 Å². The molecule has 1 saturated carbocycles. The van der Waals surface area contributed by atoms with Crippen LogP contribution in [0.1, 0.15) is 53.7 Å². The highest BCUT2D eigenvalue weighted by Crippen LogP contribution is 2.44. The van der Waals surface area contributed by atoms with Crippen molar-refractivity contribution in [1.29, 1.82) is 0 Å². The Bertz CT molecular complexity index is 1230. The fourth-order valence-electron chi connectivity index (χ4n) is 4.21. The molecule has 9 heteroatoms. The maximum Gasteiger partial charge on any atom is 0.269 e. The van der Waals surface area contributed by atoms with E-state index in [2.05, 4.69) is 10.4 Å². The number of aromatic nitrogens is 2. The largest absolute Gasteiger partial charge is 0.364 e. The Balaban J connectivity index is 1.43. The Kier molecular flexibility index (Phi) is 7.17. The SMILES string of the molecule is CCCN(CC(=O)NCc1cccc(Cl)c1C1CC1)C(=O)Cn1nc(C(N)=O)c2ccccc21. The van der Waals surface area contributed by atoms with Crippen LogP contribution in [0.3, 0.4) is 0 Å². The van der Waals surface area contributed by atoms with E-state index >= 15 is 0 Å². The van der Waals surface area contributed by atoms with Gasteiger partial charge in [-0.2, -0.15) is 5.10 Å². The van der Waals surface area contributed by atoms with Crippen molar-refractivity contribution >= 4 is 40.2 Å². The number of amides is 3. The quantitative estimate of drug-likeness (QED) is 0.463. The predicted molar refractivity (Wildman–Crippen MR) is 130 cm³/mol. The van der Waals surface area contributed by atoms with Gasteiger partial charge in [-0.05, 0) is 48.4 Å². The highest BCUT2D eigenvalue weighted by atomic mass is 35.5. The zero-order valence-electron chi connectivity index (χ0n) is 19.1. The monoisotopic (exact) mass is 481 g/mol. The first-order valence-electron chi connectivity index (χ1n) is 11.5. The molecule has 0 unspecified atom stereocenters. The molecule has 2 aromatic carbocycles. The smallest absolute Gasteiger partial charge is 0.269 e. The van der Waals surface area contributed by atoms with Gasteiger partial charge in [-0.15, -0.1) is 0 Å². The number of nitrogens with two attached hydrogens (primary N) is 1. The molecular formula is C25H28ClN5O3. The molecule has 0 radical (unpaired) electrons. The average molecular weight is 482 g/mol. The summed E-state index contributed by atoms with van der Waals surface area (Å²) in [4.78, 5) is 39.1. The van der Waals surface area contributed by atoms with Crippen molar-refractivity contribution in [3.05, 3.63) is 64.3 Å². The van der Waals surface area contributed by atoms with Gasteiger partial charge in [0.15, 0.2) is 5.69 Å². The van der Waals surface area contributed by atoms with E-state index < -0.39 is 5.91 Å². The molecule has 3 aromatic rings. The maximum atomic E-state index is 13.1. The molecule has 1 aliphatic rings. The molecule has 34 heavy (non-hydrogen) atoms. The van der Waals surface area contributed by atoms with E-state index in [9.17, 15) is 14.4 Å². The average Bonchev–Trinajstić information content (AvgIpc) is 3.58. The van der Waals surface area contributed by atoms with Gasteiger partial charge < -0.3 is 16.0 Å². The molecule has 3 N–H and O–H groups in total. The van der Waals surface area contributed by atoms with Gasteiger partial charge in [-0.25, -0.2) is 0 Å². The fourth-order valence-corrected chi connectivity index (χ4v) is 4.56. The van der Waals surface area contributed by atoms with Crippen LogP contribution < -0.4 is 11.1 Å². The number of halogens is 1. The van der Waals surface area contributed by atoms with Gasteiger partial charge in [0.2, 0.25) is 11.8 Å². The summed E-state index contributed by atoms with van der Waals surface area (Å²) in [5, 5.41) is 8.51. The summed E-state index contributed by atoms with van der Waals surface area (Å²) in [5.74, 6) is -0.693. The van der Waals surface area contributed by atoms with Crippen LogP contribution in [0.5, 0.6) is 0 Å². The number of primary amides is 1. The second kappa shape index (κ2) is 10.3. The first-order valence-corrected chi connectivity index (χ1v) is 11.8. The minimum atomic E-state index is -0.654. The number of hydrogen-bond donors (Lipinski definition) is 2. The summed E-state index contributed by atoms with van der Waals surface area (Å²) in [6, 6.07) is 12.9. The van der Waals surface area contributed by atoms with Crippen molar-refractivity contribution in [2.45, 2.75) is 45.2 Å². The van der Waals surface area contributed by atoms with Crippen molar-refractivity contribution in [3.63, 3.8) is 0 Å². The van der Waals surface area contributed by atoms with Gasteiger partial charge in [0.25, 0.3) is 5.91 Å². The first kappa shape index (κ1) is 23.8. The lowest BCUT2D eigenvalue weighted by atomic mass is 10.0. The Morgan fingerprint density at radius 1 is 1.18 bits per heavy atom. The number of hydrogen-bond acceptors (Lipinski definition) is 4. The lowest BCUT2D eigenvalue weighted by molar-refractivity contribution is -0.136. The minimum Gasteiger partial charge on any atom is -0.364 e. The number of para-hydroxylation sites is 1. The van der Waals surface area contributed by atoms with E-state index in [0.717, 1.165) is 29.0 Å². The molecule has 0 spiro atoms. The van der Waals surface area contributed by atoms with E-state index in [1.165, 1.54) is 9.58 Å². The van der Waals surface area contributed by atoms with E-state index in [-0.39, 0.29) is 30.6 Å². The lowest BCUT2D eigenvalue weighted by Gasteiger charge is -2.22. The minimum absolute atomic E-state index is 0.0616. The van der Waals surface area contributed by atoms with Crippen molar-refractivity contribution in [3.8, 4) is 0 Å². The van der Waals surface area contributed by atoms with Crippen LogP contribution in [-0.4, -0.2) is 45.5 Å². The molecule has 1 heterocycles. The number of benzene rings is 2. The summed E-state index contributed by atoms with van der Waals surface area (Å²) in [7, 11) is 0. The predicted octanol–water partition coefficient (Wildman–Crippen LogP) is 3.22. The second-order valence-electron chi connectivity index (χ2n) is 8.57. The molecule has 3 amide bonds. The van der Waals surface area contributed by atoms with Gasteiger partial charge in [0.1, 0.15) is 6.54 Å². The third-order valence-electron chi connectivity index (χ3n) is 5.96. The topological polar surface area (TPSA) is 110 Å². The third kappa shape index (κ3) is 5.22. The molecule has 1 aliphatic carbocycles. The highest BCUT2D eigenvalue weighted by molar-refractivity contribution is 6.31. The number of nitrogens with zero attached hydrogens (tertiary/aromatic N) is 3. The van der Waals surface area contributed by atoms with Gasteiger partial charge in [0.05, 0.1) is 12.1 Å². The Labute approximate surface area is 203 Å². The summed E-state index contributed by atoms with van der Waals surface area (Å²) in [5.41, 5.74) is 8.33. The van der Waals surface area contributed by atoms with Crippen LogP contribution in [0.4, 0.5) is 0 Å². The standard InChI is InChI=1S/C25H28ClN5O3/c1-2-12-30(14-21(32)28-13-17-6-5-8-19(26)23(17)16-10-11-16)22(33)15-31-20-9-4-3-7-18(20)24(29-31)25(27)34/h3-9,16H,2,10-15H2,1H3,(H2,27,34)(H,28,32). The van der Waals surface area contributed by atoms with Crippen LogP contribution in [0.15, 0.2) is 42.5 Å². The van der Waals surface area contributed by atoms with Gasteiger partial charge in [-0.1, -0.05) is 48.9 Å². The molecule has 4 rings (SSSR count). The lowest BCUT2D eigenvalue weighted by Crippen LogP contribution is -2.42. The van der Waals surface area contributed by atoms with Crippen molar-refractivity contribution < 1.29 is 14.4 Å². The van der Waals surface area contributed by atoms with Crippen LogP contribution >= 0.6 is 11.6 Å². The van der Waals surface area contributed by atoms with Crippen LogP contribution in [-0.2, 0) is 22.7 Å². The number of rotatable bonds is 10. The van der Waals surface area contributed by atoms with Crippen LogP contribution in [0.25, 0.3) is 10.9 Å². The molecular weight excluding hydrogens is 454 g/mol. The van der Waals surface area contributed by atoms with Gasteiger partial charge in [-0.3, -0.25) is 19.1 Å². The molecule has 1 fully saturated rings. The molecule has 0 aliphatic heterocycles. The van der Waals surface area contributed by atoms with Crippen molar-refractivity contribution in [2.24, 2.45) is 5.73 Å².